The number of anilines is 1. The third-order valence-electron chi connectivity index (χ3n) is 5.09. The lowest BCUT2D eigenvalue weighted by atomic mass is 10.2. The largest absolute Gasteiger partial charge is 0.489 e. The van der Waals surface area contributed by atoms with Gasteiger partial charge in [0.1, 0.15) is 18.1 Å². The second kappa shape index (κ2) is 9.83. The smallest absolute Gasteiger partial charge is 0.338 e. The van der Waals surface area contributed by atoms with Gasteiger partial charge in [-0.15, -0.1) is 0 Å². The molecule has 0 N–H and O–H groups in total. The molecule has 0 bridgehead atoms. The fourth-order valence-electron chi connectivity index (χ4n) is 3.26. The number of rotatable bonds is 8. The van der Waals surface area contributed by atoms with Crippen molar-refractivity contribution in [3.63, 3.8) is 0 Å². The molecule has 4 rings (SSSR count). The Balaban J connectivity index is 1.37. The summed E-state index contributed by atoms with van der Waals surface area (Å²) in [5, 5.41) is 4.48. The number of amides is 1. The van der Waals surface area contributed by atoms with Crippen molar-refractivity contribution in [3.05, 3.63) is 71.1 Å². The standard InChI is InChI=1S/C24H23N3O5S/c1-4-27(24-25-20-10-5-6-11-21(20)33-24)22(28)14-31-23(29)17-8-7-9-18(12-17)30-13-19-15(2)26-32-16(19)3/h5-12H,4,13-14H2,1-3H3. The molecule has 0 fully saturated rings. The van der Waals surface area contributed by atoms with E-state index in [9.17, 15) is 9.59 Å². The van der Waals surface area contributed by atoms with Crippen LogP contribution in [0.25, 0.3) is 10.2 Å². The van der Waals surface area contributed by atoms with E-state index < -0.39 is 5.97 Å². The minimum absolute atomic E-state index is 0.270. The number of thiazole rings is 1. The number of esters is 1. The lowest BCUT2D eigenvalue weighted by Gasteiger charge is -2.17. The Morgan fingerprint density at radius 3 is 2.67 bits per heavy atom. The highest BCUT2D eigenvalue weighted by atomic mass is 32.1. The van der Waals surface area contributed by atoms with Crippen LogP contribution in [0.15, 0.2) is 53.1 Å². The van der Waals surface area contributed by atoms with Gasteiger partial charge in [-0.1, -0.05) is 34.7 Å². The highest BCUT2D eigenvalue weighted by Crippen LogP contribution is 2.28. The first-order valence-corrected chi connectivity index (χ1v) is 11.3. The summed E-state index contributed by atoms with van der Waals surface area (Å²) < 4.78 is 17.2. The van der Waals surface area contributed by atoms with Crippen molar-refractivity contribution in [2.75, 3.05) is 18.1 Å². The number of carbonyl (C=O) groups is 2. The number of carbonyl (C=O) groups excluding carboxylic acids is 2. The van der Waals surface area contributed by atoms with Gasteiger partial charge in [-0.05, 0) is 51.1 Å². The van der Waals surface area contributed by atoms with Gasteiger partial charge in [0, 0.05) is 6.54 Å². The number of benzene rings is 2. The van der Waals surface area contributed by atoms with E-state index in [1.54, 1.807) is 24.3 Å². The Morgan fingerprint density at radius 1 is 1.12 bits per heavy atom. The van der Waals surface area contributed by atoms with Gasteiger partial charge < -0.3 is 14.0 Å². The van der Waals surface area contributed by atoms with Gasteiger partial charge in [0.15, 0.2) is 11.7 Å². The molecule has 2 aromatic carbocycles. The third kappa shape index (κ3) is 5.04. The number of hydrogen-bond donors (Lipinski definition) is 0. The van der Waals surface area contributed by atoms with E-state index >= 15 is 0 Å². The van der Waals surface area contributed by atoms with Gasteiger partial charge in [0.25, 0.3) is 5.91 Å². The molecule has 9 heteroatoms. The Hall–Kier alpha value is -3.72. The summed E-state index contributed by atoms with van der Waals surface area (Å²) >= 11 is 1.42. The molecule has 0 radical (unpaired) electrons. The molecule has 33 heavy (non-hydrogen) atoms. The topological polar surface area (TPSA) is 94.8 Å². The molecule has 0 atom stereocenters. The van der Waals surface area contributed by atoms with Crippen LogP contribution in [-0.2, 0) is 16.1 Å². The Morgan fingerprint density at radius 2 is 1.94 bits per heavy atom. The van der Waals surface area contributed by atoms with Crippen LogP contribution in [0.1, 0.15) is 34.3 Å². The van der Waals surface area contributed by atoms with E-state index in [4.69, 9.17) is 14.0 Å². The quantitative estimate of drug-likeness (QED) is 0.348. The van der Waals surface area contributed by atoms with E-state index in [2.05, 4.69) is 10.1 Å². The van der Waals surface area contributed by atoms with E-state index in [-0.39, 0.29) is 19.1 Å². The predicted octanol–water partition coefficient (Wildman–Crippen LogP) is 4.69. The first-order valence-electron chi connectivity index (χ1n) is 10.4. The van der Waals surface area contributed by atoms with Crippen LogP contribution < -0.4 is 9.64 Å². The van der Waals surface area contributed by atoms with Crippen LogP contribution in [0.5, 0.6) is 5.75 Å². The minimum atomic E-state index is -0.605. The Kier molecular flexibility index (Phi) is 6.69. The molecule has 2 heterocycles. The fourth-order valence-corrected chi connectivity index (χ4v) is 4.31. The summed E-state index contributed by atoms with van der Waals surface area (Å²) in [6, 6.07) is 14.3. The Labute approximate surface area is 194 Å². The van der Waals surface area contributed by atoms with Crippen molar-refractivity contribution < 1.29 is 23.6 Å². The lowest BCUT2D eigenvalue weighted by molar-refractivity contribution is -0.121. The van der Waals surface area contributed by atoms with Crippen LogP contribution in [0.4, 0.5) is 5.13 Å². The molecule has 8 nitrogen and oxygen atoms in total. The fraction of sp³-hybridized carbons (Fsp3) is 0.250. The monoisotopic (exact) mass is 465 g/mol. The highest BCUT2D eigenvalue weighted by molar-refractivity contribution is 7.22. The van der Waals surface area contributed by atoms with Crippen molar-refractivity contribution in [1.82, 2.24) is 10.1 Å². The van der Waals surface area contributed by atoms with Crippen LogP contribution in [-0.4, -0.2) is 35.2 Å². The molecule has 0 aliphatic rings. The molecule has 2 aromatic heterocycles. The average molecular weight is 466 g/mol. The zero-order chi connectivity index (χ0) is 23.4. The number of aromatic nitrogens is 2. The SMILES string of the molecule is CCN(C(=O)COC(=O)c1cccc(OCc2c(C)noc2C)c1)c1nc2ccccc2s1. The molecule has 170 valence electrons. The summed E-state index contributed by atoms with van der Waals surface area (Å²) in [6.07, 6.45) is 0. The average Bonchev–Trinajstić information content (AvgIpc) is 3.39. The number of para-hydroxylation sites is 1. The maximum absolute atomic E-state index is 12.7. The summed E-state index contributed by atoms with van der Waals surface area (Å²) in [6.45, 7) is 5.82. The molecule has 0 unspecified atom stereocenters. The van der Waals surface area contributed by atoms with Gasteiger partial charge >= 0.3 is 5.97 Å². The molecule has 0 spiro atoms. The van der Waals surface area contributed by atoms with Crippen LogP contribution in [0, 0.1) is 13.8 Å². The van der Waals surface area contributed by atoms with E-state index in [1.807, 2.05) is 45.0 Å². The summed E-state index contributed by atoms with van der Waals surface area (Å²) in [4.78, 5) is 31.3. The second-order valence-electron chi connectivity index (χ2n) is 7.30. The molecule has 0 saturated carbocycles. The molecule has 4 aromatic rings. The van der Waals surface area contributed by atoms with Crippen molar-refractivity contribution in [2.45, 2.75) is 27.4 Å². The van der Waals surface area contributed by atoms with Gasteiger partial charge in [-0.25, -0.2) is 9.78 Å². The predicted molar refractivity (Wildman–Crippen MR) is 125 cm³/mol. The van der Waals surface area contributed by atoms with E-state index in [1.165, 1.54) is 16.2 Å². The maximum Gasteiger partial charge on any atom is 0.338 e. The first-order chi connectivity index (χ1) is 16.0. The second-order valence-corrected chi connectivity index (χ2v) is 8.31. The number of fused-ring (bicyclic) bond motifs is 1. The molecule has 0 aliphatic carbocycles. The van der Waals surface area contributed by atoms with Gasteiger partial charge in [-0.3, -0.25) is 9.69 Å². The number of likely N-dealkylation sites (N-methyl/N-ethyl adjacent to an activating group) is 1. The molecule has 1 amide bonds. The molecular weight excluding hydrogens is 442 g/mol. The molecule has 0 aliphatic heterocycles. The van der Waals surface area contributed by atoms with Crippen molar-refractivity contribution >= 4 is 38.6 Å². The van der Waals surface area contributed by atoms with E-state index in [0.29, 0.717) is 28.7 Å². The van der Waals surface area contributed by atoms with Crippen molar-refractivity contribution in [1.29, 1.82) is 0 Å². The van der Waals surface area contributed by atoms with E-state index in [0.717, 1.165) is 21.5 Å². The Bertz CT molecular complexity index is 1240. The maximum atomic E-state index is 12.7. The van der Waals surface area contributed by atoms with Crippen molar-refractivity contribution in [3.8, 4) is 5.75 Å². The zero-order valence-electron chi connectivity index (χ0n) is 18.5. The number of ether oxygens (including phenoxy) is 2. The van der Waals surface area contributed by atoms with Crippen LogP contribution in [0.3, 0.4) is 0 Å². The normalized spacial score (nSPS) is 10.9. The van der Waals surface area contributed by atoms with Gasteiger partial charge in [-0.2, -0.15) is 0 Å². The minimum Gasteiger partial charge on any atom is -0.489 e. The summed E-state index contributed by atoms with van der Waals surface area (Å²) in [7, 11) is 0. The van der Waals surface area contributed by atoms with Crippen molar-refractivity contribution in [2.24, 2.45) is 0 Å². The molecule has 0 saturated heterocycles. The van der Waals surface area contributed by atoms with Gasteiger partial charge in [0.05, 0.1) is 27.0 Å². The zero-order valence-corrected chi connectivity index (χ0v) is 19.3. The first kappa shape index (κ1) is 22.5. The molecular formula is C24H23N3O5S. The summed E-state index contributed by atoms with van der Waals surface area (Å²) in [5.41, 5.74) is 2.74. The van der Waals surface area contributed by atoms with Gasteiger partial charge in [0.2, 0.25) is 0 Å². The number of aryl methyl sites for hydroxylation is 2. The number of hydrogen-bond acceptors (Lipinski definition) is 8. The van der Waals surface area contributed by atoms with Crippen LogP contribution in [0.2, 0.25) is 0 Å². The number of nitrogens with zero attached hydrogens (tertiary/aromatic N) is 3. The third-order valence-corrected chi connectivity index (χ3v) is 6.15. The summed E-state index contributed by atoms with van der Waals surface area (Å²) in [5.74, 6) is 0.248. The van der Waals surface area contributed by atoms with Crippen LogP contribution >= 0.6 is 11.3 Å². The highest BCUT2D eigenvalue weighted by Gasteiger charge is 2.20. The lowest BCUT2D eigenvalue weighted by Crippen LogP contribution is -2.34.